The Morgan fingerprint density at radius 3 is 2.60 bits per heavy atom. The Balaban J connectivity index is 2.29. The minimum atomic E-state index is -0.107. The van der Waals surface area contributed by atoms with Gasteiger partial charge < -0.3 is 15.4 Å². The summed E-state index contributed by atoms with van der Waals surface area (Å²) < 4.78 is 5.17. The van der Waals surface area contributed by atoms with Crippen molar-refractivity contribution >= 4 is 17.3 Å². The normalized spacial score (nSPS) is 10.2. The van der Waals surface area contributed by atoms with Gasteiger partial charge in [0.25, 0.3) is 5.91 Å². The van der Waals surface area contributed by atoms with Crippen LogP contribution >= 0.6 is 0 Å². The number of rotatable bonds is 3. The summed E-state index contributed by atoms with van der Waals surface area (Å²) in [5.41, 5.74) is 8.78. The van der Waals surface area contributed by atoms with Crippen molar-refractivity contribution in [3.8, 4) is 5.75 Å². The van der Waals surface area contributed by atoms with E-state index < -0.39 is 0 Å². The molecule has 0 saturated carbocycles. The van der Waals surface area contributed by atoms with Gasteiger partial charge in [0.2, 0.25) is 0 Å². The number of aryl methyl sites for hydroxylation is 1. The molecule has 0 fully saturated rings. The molecular formula is C16H18N2O2. The lowest BCUT2D eigenvalue weighted by Crippen LogP contribution is -2.26. The zero-order valence-corrected chi connectivity index (χ0v) is 11.9. The van der Waals surface area contributed by atoms with Crippen LogP contribution in [0.15, 0.2) is 42.5 Å². The highest BCUT2D eigenvalue weighted by molar-refractivity contribution is 6.06. The van der Waals surface area contributed by atoms with E-state index in [0.29, 0.717) is 17.0 Å². The second kappa shape index (κ2) is 5.65. The molecule has 0 radical (unpaired) electrons. The largest absolute Gasteiger partial charge is 0.497 e. The van der Waals surface area contributed by atoms with Gasteiger partial charge in [0.15, 0.2) is 0 Å². The number of nitrogen functional groups attached to an aromatic ring is 1. The number of amides is 1. The Bertz CT molecular complexity index is 638. The summed E-state index contributed by atoms with van der Waals surface area (Å²) >= 11 is 0. The van der Waals surface area contributed by atoms with E-state index in [9.17, 15) is 4.79 Å². The predicted molar refractivity (Wildman–Crippen MR) is 81.3 cm³/mol. The van der Waals surface area contributed by atoms with Crippen molar-refractivity contribution in [2.75, 3.05) is 24.8 Å². The Morgan fingerprint density at radius 2 is 1.95 bits per heavy atom. The molecule has 4 heteroatoms. The third kappa shape index (κ3) is 2.74. The lowest BCUT2D eigenvalue weighted by atomic mass is 10.1. The third-order valence-corrected chi connectivity index (χ3v) is 3.27. The van der Waals surface area contributed by atoms with Crippen molar-refractivity contribution in [2.45, 2.75) is 6.92 Å². The van der Waals surface area contributed by atoms with Gasteiger partial charge in [-0.25, -0.2) is 0 Å². The minimum absolute atomic E-state index is 0.107. The number of methoxy groups -OCH3 is 1. The van der Waals surface area contributed by atoms with E-state index in [4.69, 9.17) is 10.5 Å². The summed E-state index contributed by atoms with van der Waals surface area (Å²) in [6, 6.07) is 12.7. The van der Waals surface area contributed by atoms with Crippen molar-refractivity contribution < 1.29 is 9.53 Å². The number of hydrogen-bond acceptors (Lipinski definition) is 3. The Hall–Kier alpha value is -2.49. The molecule has 0 aliphatic heterocycles. The molecule has 2 aromatic rings. The van der Waals surface area contributed by atoms with Crippen LogP contribution in [0.3, 0.4) is 0 Å². The zero-order chi connectivity index (χ0) is 14.7. The molecule has 4 nitrogen and oxygen atoms in total. The maximum absolute atomic E-state index is 12.4. The average molecular weight is 270 g/mol. The summed E-state index contributed by atoms with van der Waals surface area (Å²) in [6.07, 6.45) is 0. The van der Waals surface area contributed by atoms with Crippen LogP contribution in [0, 0.1) is 6.92 Å². The highest BCUT2D eigenvalue weighted by Crippen LogP contribution is 2.22. The highest BCUT2D eigenvalue weighted by atomic mass is 16.5. The molecule has 20 heavy (non-hydrogen) atoms. The SMILES string of the molecule is COc1cccc(N(C)C(=O)c2ccc(C)c(N)c2)c1. The first-order valence-corrected chi connectivity index (χ1v) is 6.31. The Morgan fingerprint density at radius 1 is 1.20 bits per heavy atom. The zero-order valence-electron chi connectivity index (χ0n) is 11.9. The molecule has 2 aromatic carbocycles. The number of nitrogens with zero attached hydrogens (tertiary/aromatic N) is 1. The first kappa shape index (κ1) is 13.9. The van der Waals surface area contributed by atoms with Crippen molar-refractivity contribution in [2.24, 2.45) is 0 Å². The minimum Gasteiger partial charge on any atom is -0.497 e. The quantitative estimate of drug-likeness (QED) is 0.872. The summed E-state index contributed by atoms with van der Waals surface area (Å²) in [5.74, 6) is 0.607. The van der Waals surface area contributed by atoms with E-state index in [1.165, 1.54) is 0 Å². The van der Waals surface area contributed by atoms with Gasteiger partial charge in [-0.05, 0) is 36.8 Å². The maximum Gasteiger partial charge on any atom is 0.258 e. The topological polar surface area (TPSA) is 55.6 Å². The smallest absolute Gasteiger partial charge is 0.258 e. The van der Waals surface area contributed by atoms with Crippen LogP contribution in [0.5, 0.6) is 5.75 Å². The van der Waals surface area contributed by atoms with E-state index in [-0.39, 0.29) is 5.91 Å². The molecule has 0 atom stereocenters. The van der Waals surface area contributed by atoms with Gasteiger partial charge in [0, 0.05) is 30.1 Å². The fourth-order valence-electron chi connectivity index (χ4n) is 1.90. The van der Waals surface area contributed by atoms with Gasteiger partial charge in [-0.1, -0.05) is 12.1 Å². The van der Waals surface area contributed by atoms with E-state index in [0.717, 1.165) is 11.3 Å². The number of benzene rings is 2. The monoisotopic (exact) mass is 270 g/mol. The van der Waals surface area contributed by atoms with Crippen molar-refractivity contribution in [3.63, 3.8) is 0 Å². The van der Waals surface area contributed by atoms with Crippen LogP contribution < -0.4 is 15.4 Å². The lowest BCUT2D eigenvalue weighted by molar-refractivity contribution is 0.0993. The molecule has 104 valence electrons. The first-order valence-electron chi connectivity index (χ1n) is 6.31. The van der Waals surface area contributed by atoms with Crippen LogP contribution in [-0.2, 0) is 0 Å². The molecule has 0 aliphatic rings. The molecule has 0 bridgehead atoms. The molecular weight excluding hydrogens is 252 g/mol. The lowest BCUT2D eigenvalue weighted by Gasteiger charge is -2.18. The average Bonchev–Trinajstić information content (AvgIpc) is 2.48. The van der Waals surface area contributed by atoms with E-state index in [1.807, 2.05) is 37.3 Å². The van der Waals surface area contributed by atoms with Crippen molar-refractivity contribution in [1.29, 1.82) is 0 Å². The summed E-state index contributed by atoms with van der Waals surface area (Å²) in [7, 11) is 3.33. The van der Waals surface area contributed by atoms with Gasteiger partial charge in [-0.2, -0.15) is 0 Å². The van der Waals surface area contributed by atoms with Crippen LogP contribution in [0.4, 0.5) is 11.4 Å². The molecule has 0 spiro atoms. The molecule has 0 unspecified atom stereocenters. The molecule has 0 heterocycles. The van der Waals surface area contributed by atoms with E-state index in [2.05, 4.69) is 0 Å². The number of carbonyl (C=O) groups is 1. The second-order valence-electron chi connectivity index (χ2n) is 4.64. The summed E-state index contributed by atoms with van der Waals surface area (Å²) in [6.45, 7) is 1.91. The molecule has 0 aliphatic carbocycles. The number of nitrogens with two attached hydrogens (primary N) is 1. The summed E-state index contributed by atoms with van der Waals surface area (Å²) in [5, 5.41) is 0. The van der Waals surface area contributed by atoms with Gasteiger partial charge in [-0.15, -0.1) is 0 Å². The number of carbonyl (C=O) groups excluding carboxylic acids is 1. The van der Waals surface area contributed by atoms with Gasteiger partial charge in [-0.3, -0.25) is 4.79 Å². The second-order valence-corrected chi connectivity index (χ2v) is 4.64. The maximum atomic E-state index is 12.4. The molecule has 0 saturated heterocycles. The van der Waals surface area contributed by atoms with E-state index >= 15 is 0 Å². The van der Waals surface area contributed by atoms with Crippen LogP contribution in [-0.4, -0.2) is 20.1 Å². The van der Waals surface area contributed by atoms with Crippen LogP contribution in [0.25, 0.3) is 0 Å². The molecule has 2 N–H and O–H groups in total. The van der Waals surface area contributed by atoms with Crippen LogP contribution in [0.1, 0.15) is 15.9 Å². The molecule has 0 aromatic heterocycles. The number of hydrogen-bond donors (Lipinski definition) is 1. The third-order valence-electron chi connectivity index (χ3n) is 3.27. The molecule has 2 rings (SSSR count). The van der Waals surface area contributed by atoms with Gasteiger partial charge >= 0.3 is 0 Å². The van der Waals surface area contributed by atoms with Crippen molar-refractivity contribution in [3.05, 3.63) is 53.6 Å². The Labute approximate surface area is 118 Å². The van der Waals surface area contributed by atoms with E-state index in [1.54, 1.807) is 31.2 Å². The number of ether oxygens (including phenoxy) is 1. The standard InChI is InChI=1S/C16H18N2O2/c1-11-7-8-12(9-15(11)17)16(19)18(2)13-5-4-6-14(10-13)20-3/h4-10H,17H2,1-3H3. The fraction of sp³-hybridized carbons (Fsp3) is 0.188. The summed E-state index contributed by atoms with van der Waals surface area (Å²) in [4.78, 5) is 14.0. The highest BCUT2D eigenvalue weighted by Gasteiger charge is 2.14. The number of anilines is 2. The predicted octanol–water partition coefficient (Wildman–Crippen LogP) is 2.86. The van der Waals surface area contributed by atoms with Crippen LogP contribution in [0.2, 0.25) is 0 Å². The van der Waals surface area contributed by atoms with Gasteiger partial charge in [0.1, 0.15) is 5.75 Å². The molecule has 1 amide bonds. The fourth-order valence-corrected chi connectivity index (χ4v) is 1.90. The Kier molecular flexibility index (Phi) is 3.94. The van der Waals surface area contributed by atoms with Gasteiger partial charge in [0.05, 0.1) is 7.11 Å². The van der Waals surface area contributed by atoms with Crippen molar-refractivity contribution in [1.82, 2.24) is 0 Å². The first-order chi connectivity index (χ1) is 9.52.